The van der Waals surface area contributed by atoms with Crippen LogP contribution in [0.25, 0.3) is 0 Å². The maximum atomic E-state index is 12.3. The van der Waals surface area contributed by atoms with E-state index in [-0.39, 0.29) is 6.61 Å². The van der Waals surface area contributed by atoms with Crippen molar-refractivity contribution >= 4 is 17.7 Å². The van der Waals surface area contributed by atoms with Crippen molar-refractivity contribution in [3.05, 3.63) is 54.4 Å². The van der Waals surface area contributed by atoms with Crippen LogP contribution in [0.15, 0.2) is 53.9 Å². The van der Waals surface area contributed by atoms with Crippen LogP contribution in [0.2, 0.25) is 0 Å². The molecule has 0 fully saturated rings. The highest BCUT2D eigenvalue weighted by molar-refractivity contribution is 7.99. The summed E-state index contributed by atoms with van der Waals surface area (Å²) in [5, 5.41) is 0.576. The van der Waals surface area contributed by atoms with Gasteiger partial charge in [-0.1, -0.05) is 42.1 Å². The molecule has 0 aliphatic rings. The molecule has 2 rings (SSSR count). The summed E-state index contributed by atoms with van der Waals surface area (Å²) in [5.41, 5.74) is 5.84. The highest BCUT2D eigenvalue weighted by atomic mass is 32.2. The van der Waals surface area contributed by atoms with Gasteiger partial charge in [0.25, 0.3) is 0 Å². The molecule has 21 heavy (non-hydrogen) atoms. The van der Waals surface area contributed by atoms with Crippen LogP contribution in [0, 0.1) is 0 Å². The lowest BCUT2D eigenvalue weighted by Gasteiger charge is -2.26. The number of nitrogens with two attached hydrogens (primary N) is 1. The van der Waals surface area contributed by atoms with Gasteiger partial charge in [-0.25, -0.2) is 14.8 Å². The van der Waals surface area contributed by atoms with E-state index in [0.29, 0.717) is 16.5 Å². The smallest absolute Gasteiger partial charge is 0.331 e. The van der Waals surface area contributed by atoms with Crippen molar-refractivity contribution in [3.8, 4) is 0 Å². The number of esters is 1. The van der Waals surface area contributed by atoms with Crippen molar-refractivity contribution in [2.45, 2.75) is 17.6 Å². The van der Waals surface area contributed by atoms with E-state index in [1.807, 2.05) is 30.3 Å². The Morgan fingerprint density at radius 3 is 2.52 bits per heavy atom. The molecule has 0 aliphatic heterocycles. The number of hydrogen-bond donors (Lipinski definition) is 1. The first-order valence-corrected chi connectivity index (χ1v) is 7.57. The van der Waals surface area contributed by atoms with Crippen molar-refractivity contribution in [3.63, 3.8) is 0 Å². The highest BCUT2D eigenvalue weighted by Crippen LogP contribution is 2.27. The Balaban J connectivity index is 2.22. The molecule has 2 N–H and O–H groups in total. The number of benzene rings is 1. The Labute approximate surface area is 127 Å². The van der Waals surface area contributed by atoms with Crippen molar-refractivity contribution in [2.75, 3.05) is 12.4 Å². The number of aromatic nitrogens is 2. The molecular weight excluding hydrogens is 286 g/mol. The predicted molar refractivity (Wildman–Crippen MR) is 81.7 cm³/mol. The molecule has 0 bridgehead atoms. The molecule has 0 saturated heterocycles. The first-order valence-electron chi connectivity index (χ1n) is 6.58. The molecule has 110 valence electrons. The fraction of sp³-hybridized carbons (Fsp3) is 0.267. The van der Waals surface area contributed by atoms with Crippen LogP contribution in [0.4, 0.5) is 0 Å². The first-order chi connectivity index (χ1) is 10.2. The van der Waals surface area contributed by atoms with Crippen molar-refractivity contribution < 1.29 is 9.53 Å². The van der Waals surface area contributed by atoms with E-state index in [2.05, 4.69) is 9.97 Å². The lowest BCUT2D eigenvalue weighted by molar-refractivity contribution is -0.149. The lowest BCUT2D eigenvalue weighted by atomic mass is 9.93. The van der Waals surface area contributed by atoms with Crippen LogP contribution < -0.4 is 5.73 Å². The highest BCUT2D eigenvalue weighted by Gasteiger charge is 2.38. The zero-order valence-corrected chi connectivity index (χ0v) is 12.5. The average Bonchev–Trinajstić information content (AvgIpc) is 2.54. The topological polar surface area (TPSA) is 78.1 Å². The van der Waals surface area contributed by atoms with E-state index < -0.39 is 11.5 Å². The van der Waals surface area contributed by atoms with Crippen LogP contribution in [0.5, 0.6) is 0 Å². The molecule has 0 aliphatic carbocycles. The van der Waals surface area contributed by atoms with Crippen LogP contribution in [0.3, 0.4) is 0 Å². The minimum atomic E-state index is -1.22. The SMILES string of the molecule is CCOC(=O)C(N)(CSc1ncccn1)c1ccccc1. The number of thioether (sulfide) groups is 1. The monoisotopic (exact) mass is 303 g/mol. The molecule has 0 radical (unpaired) electrons. The second-order valence-corrected chi connectivity index (χ2v) is 5.32. The number of carbonyl (C=O) groups is 1. The standard InChI is InChI=1S/C15H17N3O2S/c1-2-20-13(19)15(16,12-7-4-3-5-8-12)11-21-14-17-9-6-10-18-14/h3-10H,2,11,16H2,1H3. The minimum absolute atomic E-state index is 0.289. The largest absolute Gasteiger partial charge is 0.464 e. The van der Waals surface area contributed by atoms with Gasteiger partial charge in [-0.2, -0.15) is 0 Å². The molecule has 0 saturated carbocycles. The van der Waals surface area contributed by atoms with Gasteiger partial charge in [0.2, 0.25) is 0 Å². The van der Waals surface area contributed by atoms with Gasteiger partial charge in [0.05, 0.1) is 6.61 Å². The Hall–Kier alpha value is -1.92. The van der Waals surface area contributed by atoms with E-state index >= 15 is 0 Å². The maximum absolute atomic E-state index is 12.3. The van der Waals surface area contributed by atoms with Gasteiger partial charge in [-0.3, -0.25) is 0 Å². The quantitative estimate of drug-likeness (QED) is 0.499. The molecule has 1 atom stereocenters. The number of ether oxygens (including phenoxy) is 1. The van der Waals surface area contributed by atoms with E-state index in [9.17, 15) is 4.79 Å². The van der Waals surface area contributed by atoms with E-state index in [0.717, 1.165) is 0 Å². The van der Waals surface area contributed by atoms with Gasteiger partial charge in [0.1, 0.15) is 5.54 Å². The fourth-order valence-corrected chi connectivity index (χ4v) is 2.71. The van der Waals surface area contributed by atoms with Gasteiger partial charge in [0, 0.05) is 18.1 Å². The second kappa shape index (κ2) is 7.19. The number of hydrogen-bond acceptors (Lipinski definition) is 6. The first kappa shape index (κ1) is 15.5. The summed E-state index contributed by atoms with van der Waals surface area (Å²) in [6.45, 7) is 2.05. The van der Waals surface area contributed by atoms with E-state index in [4.69, 9.17) is 10.5 Å². The normalized spacial score (nSPS) is 13.4. The predicted octanol–water partition coefficient (Wildman–Crippen LogP) is 1.99. The molecular formula is C15H17N3O2S. The summed E-state index contributed by atoms with van der Waals surface area (Å²) in [6.07, 6.45) is 3.31. The van der Waals surface area contributed by atoms with Crippen LogP contribution >= 0.6 is 11.8 Å². The molecule has 5 nitrogen and oxygen atoms in total. The zero-order chi connectivity index (χ0) is 15.1. The average molecular weight is 303 g/mol. The summed E-state index contributed by atoms with van der Waals surface area (Å²) in [5.74, 6) is -0.139. The fourth-order valence-electron chi connectivity index (χ4n) is 1.79. The Kier molecular flexibility index (Phi) is 5.30. The van der Waals surface area contributed by atoms with Gasteiger partial charge < -0.3 is 10.5 Å². The molecule has 1 heterocycles. The summed E-state index contributed by atoms with van der Waals surface area (Å²) in [4.78, 5) is 20.5. The Morgan fingerprint density at radius 1 is 1.24 bits per heavy atom. The Morgan fingerprint density at radius 2 is 1.90 bits per heavy atom. The van der Waals surface area contributed by atoms with E-state index in [1.54, 1.807) is 25.4 Å². The third kappa shape index (κ3) is 3.80. The van der Waals surface area contributed by atoms with Crippen molar-refractivity contribution in [2.24, 2.45) is 5.73 Å². The Bertz CT molecular complexity index is 580. The van der Waals surface area contributed by atoms with Crippen molar-refractivity contribution in [1.82, 2.24) is 9.97 Å². The maximum Gasteiger partial charge on any atom is 0.331 e. The third-order valence-electron chi connectivity index (χ3n) is 2.90. The molecule has 2 aromatic rings. The van der Waals surface area contributed by atoms with Gasteiger partial charge in [0.15, 0.2) is 5.16 Å². The number of rotatable bonds is 6. The molecule has 0 amide bonds. The summed E-state index contributed by atoms with van der Waals surface area (Å²) in [6, 6.07) is 11.0. The molecule has 1 unspecified atom stereocenters. The second-order valence-electron chi connectivity index (χ2n) is 4.38. The molecule has 0 spiro atoms. The third-order valence-corrected chi connectivity index (χ3v) is 3.97. The van der Waals surface area contributed by atoms with Gasteiger partial charge >= 0.3 is 5.97 Å². The minimum Gasteiger partial charge on any atom is -0.464 e. The lowest BCUT2D eigenvalue weighted by Crippen LogP contribution is -2.48. The van der Waals surface area contributed by atoms with Crippen LogP contribution in [-0.2, 0) is 15.1 Å². The van der Waals surface area contributed by atoms with Crippen molar-refractivity contribution in [1.29, 1.82) is 0 Å². The van der Waals surface area contributed by atoms with Crippen LogP contribution in [-0.4, -0.2) is 28.3 Å². The van der Waals surface area contributed by atoms with E-state index in [1.165, 1.54) is 11.8 Å². The van der Waals surface area contributed by atoms with Gasteiger partial charge in [-0.15, -0.1) is 0 Å². The van der Waals surface area contributed by atoms with Crippen LogP contribution in [0.1, 0.15) is 12.5 Å². The molecule has 1 aromatic heterocycles. The summed E-state index contributed by atoms with van der Waals surface area (Å²) < 4.78 is 5.13. The zero-order valence-electron chi connectivity index (χ0n) is 11.7. The summed E-state index contributed by atoms with van der Waals surface area (Å²) >= 11 is 1.33. The van der Waals surface area contributed by atoms with Gasteiger partial charge in [-0.05, 0) is 18.6 Å². The molecule has 6 heteroatoms. The number of carbonyl (C=O) groups excluding carboxylic acids is 1. The summed E-state index contributed by atoms with van der Waals surface area (Å²) in [7, 11) is 0. The number of nitrogens with zero attached hydrogens (tertiary/aromatic N) is 2. The molecule has 1 aromatic carbocycles.